The van der Waals surface area contributed by atoms with Crippen LogP contribution in [0.4, 0.5) is 0 Å². The summed E-state index contributed by atoms with van der Waals surface area (Å²) >= 11 is 0. The number of nitrogens with one attached hydrogen (secondary N) is 1. The zero-order chi connectivity index (χ0) is 15.9. The fourth-order valence-corrected chi connectivity index (χ4v) is 2.47. The van der Waals surface area contributed by atoms with Gasteiger partial charge in [-0.2, -0.15) is 0 Å². The van der Waals surface area contributed by atoms with Crippen molar-refractivity contribution in [2.45, 2.75) is 38.6 Å². The quantitative estimate of drug-likeness (QED) is 0.796. The summed E-state index contributed by atoms with van der Waals surface area (Å²) in [6.45, 7) is 2.68. The predicted octanol–water partition coefficient (Wildman–Crippen LogP) is 1.75. The van der Waals surface area contributed by atoms with Gasteiger partial charge in [-0.15, -0.1) is 0 Å². The van der Waals surface area contributed by atoms with E-state index in [1.54, 1.807) is 14.0 Å². The van der Waals surface area contributed by atoms with E-state index < -0.39 is 0 Å². The van der Waals surface area contributed by atoms with E-state index in [2.05, 4.69) is 5.32 Å². The molecule has 22 heavy (non-hydrogen) atoms. The molecule has 1 aliphatic rings. The van der Waals surface area contributed by atoms with Crippen LogP contribution < -0.4 is 10.1 Å². The lowest BCUT2D eigenvalue weighted by Crippen LogP contribution is -2.35. The van der Waals surface area contributed by atoms with Gasteiger partial charge in [-0.25, -0.2) is 0 Å². The molecule has 1 aromatic carbocycles. The molecule has 5 nitrogen and oxygen atoms in total. The van der Waals surface area contributed by atoms with E-state index in [1.807, 2.05) is 29.2 Å². The lowest BCUT2D eigenvalue weighted by molar-refractivity contribution is -0.130. The average Bonchev–Trinajstić information content (AvgIpc) is 3.32. The Morgan fingerprint density at radius 2 is 2.14 bits per heavy atom. The first-order chi connectivity index (χ1) is 10.6. The van der Waals surface area contributed by atoms with Crippen LogP contribution in [0.5, 0.6) is 5.75 Å². The van der Waals surface area contributed by atoms with E-state index >= 15 is 0 Å². The van der Waals surface area contributed by atoms with Gasteiger partial charge in [0.05, 0.1) is 7.11 Å². The third kappa shape index (κ3) is 5.06. The van der Waals surface area contributed by atoms with Crippen LogP contribution in [0.15, 0.2) is 24.3 Å². The Kier molecular flexibility index (Phi) is 5.81. The average molecular weight is 304 g/mol. The molecule has 0 aliphatic heterocycles. The van der Waals surface area contributed by atoms with Crippen molar-refractivity contribution in [1.82, 2.24) is 10.2 Å². The second kappa shape index (κ2) is 7.82. The van der Waals surface area contributed by atoms with Crippen LogP contribution in [-0.4, -0.2) is 43.0 Å². The van der Waals surface area contributed by atoms with Crippen LogP contribution in [0.25, 0.3) is 0 Å². The van der Waals surface area contributed by atoms with Crippen molar-refractivity contribution < 1.29 is 14.3 Å². The SMILES string of the molecule is COc1cccc(CCNC(=O)CCN(C(C)=O)C2CC2)c1. The first kappa shape index (κ1) is 16.3. The van der Waals surface area contributed by atoms with E-state index in [0.29, 0.717) is 25.6 Å². The Morgan fingerprint density at radius 3 is 2.77 bits per heavy atom. The molecule has 0 spiro atoms. The van der Waals surface area contributed by atoms with Crippen molar-refractivity contribution in [3.8, 4) is 5.75 Å². The molecule has 0 saturated heterocycles. The highest BCUT2D eigenvalue weighted by atomic mass is 16.5. The maximum atomic E-state index is 11.9. The van der Waals surface area contributed by atoms with Crippen molar-refractivity contribution in [3.63, 3.8) is 0 Å². The third-order valence-electron chi connectivity index (χ3n) is 3.84. The molecular weight excluding hydrogens is 280 g/mol. The maximum Gasteiger partial charge on any atom is 0.221 e. The zero-order valence-electron chi connectivity index (χ0n) is 13.3. The second-order valence-corrected chi connectivity index (χ2v) is 5.65. The Labute approximate surface area is 131 Å². The zero-order valence-corrected chi connectivity index (χ0v) is 13.3. The smallest absolute Gasteiger partial charge is 0.221 e. The molecule has 2 rings (SSSR count). The minimum atomic E-state index is -0.00482. The fraction of sp³-hybridized carbons (Fsp3) is 0.529. The molecule has 0 aromatic heterocycles. The largest absolute Gasteiger partial charge is 0.497 e. The summed E-state index contributed by atoms with van der Waals surface area (Å²) in [5.41, 5.74) is 1.13. The molecule has 120 valence electrons. The summed E-state index contributed by atoms with van der Waals surface area (Å²) < 4.78 is 5.17. The summed E-state index contributed by atoms with van der Waals surface area (Å²) in [6, 6.07) is 8.19. The summed E-state index contributed by atoms with van der Waals surface area (Å²) in [5.74, 6) is 0.881. The summed E-state index contributed by atoms with van der Waals surface area (Å²) in [4.78, 5) is 25.1. The molecule has 0 unspecified atom stereocenters. The van der Waals surface area contributed by atoms with Crippen molar-refractivity contribution in [1.29, 1.82) is 0 Å². The predicted molar refractivity (Wildman–Crippen MR) is 84.7 cm³/mol. The van der Waals surface area contributed by atoms with Gasteiger partial charge in [-0.05, 0) is 37.0 Å². The number of carbonyl (C=O) groups excluding carboxylic acids is 2. The number of nitrogens with zero attached hydrogens (tertiary/aromatic N) is 1. The van der Waals surface area contributed by atoms with E-state index in [1.165, 1.54) is 0 Å². The lowest BCUT2D eigenvalue weighted by atomic mass is 10.1. The Balaban J connectivity index is 1.67. The standard InChI is InChI=1S/C17H24N2O3/c1-13(20)19(15-6-7-15)11-9-17(21)18-10-8-14-4-3-5-16(12-14)22-2/h3-5,12,15H,6-11H2,1-2H3,(H,18,21). The molecule has 1 fully saturated rings. The van der Waals surface area contributed by atoms with E-state index in [-0.39, 0.29) is 11.8 Å². The van der Waals surface area contributed by atoms with Crippen molar-refractivity contribution in [2.75, 3.05) is 20.2 Å². The normalized spacial score (nSPS) is 13.5. The van der Waals surface area contributed by atoms with Crippen molar-refractivity contribution in [3.05, 3.63) is 29.8 Å². The molecule has 0 atom stereocenters. The third-order valence-corrected chi connectivity index (χ3v) is 3.84. The molecule has 1 aromatic rings. The molecule has 0 heterocycles. The highest BCUT2D eigenvalue weighted by Gasteiger charge is 2.30. The molecule has 2 amide bonds. The summed E-state index contributed by atoms with van der Waals surface area (Å²) in [7, 11) is 1.64. The molecule has 5 heteroatoms. The van der Waals surface area contributed by atoms with Gasteiger partial charge in [0.1, 0.15) is 5.75 Å². The van der Waals surface area contributed by atoms with Gasteiger partial charge in [0.15, 0.2) is 0 Å². The van der Waals surface area contributed by atoms with Crippen LogP contribution in [0.3, 0.4) is 0 Å². The lowest BCUT2D eigenvalue weighted by Gasteiger charge is -2.20. The number of methoxy groups -OCH3 is 1. The second-order valence-electron chi connectivity index (χ2n) is 5.65. The van der Waals surface area contributed by atoms with Gasteiger partial charge >= 0.3 is 0 Å². The number of hydrogen-bond donors (Lipinski definition) is 1. The summed E-state index contributed by atoms with van der Waals surface area (Å²) in [6.07, 6.45) is 3.27. The number of amides is 2. The molecule has 0 radical (unpaired) electrons. The van der Waals surface area contributed by atoms with Gasteiger partial charge in [0, 0.05) is 32.5 Å². The van der Waals surface area contributed by atoms with Crippen LogP contribution in [0.2, 0.25) is 0 Å². The maximum absolute atomic E-state index is 11.9. The topological polar surface area (TPSA) is 58.6 Å². The highest BCUT2D eigenvalue weighted by Crippen LogP contribution is 2.26. The van der Waals surface area contributed by atoms with E-state index in [4.69, 9.17) is 4.74 Å². The number of ether oxygens (including phenoxy) is 1. The Morgan fingerprint density at radius 1 is 1.36 bits per heavy atom. The van der Waals surface area contributed by atoms with Gasteiger partial charge < -0.3 is 15.0 Å². The van der Waals surface area contributed by atoms with Crippen LogP contribution in [0, 0.1) is 0 Å². The highest BCUT2D eigenvalue weighted by molar-refractivity contribution is 5.78. The number of hydrogen-bond acceptors (Lipinski definition) is 3. The molecule has 1 saturated carbocycles. The van der Waals surface area contributed by atoms with E-state index in [0.717, 1.165) is 30.6 Å². The Hall–Kier alpha value is -2.04. The molecule has 0 bridgehead atoms. The van der Waals surface area contributed by atoms with Gasteiger partial charge in [-0.3, -0.25) is 9.59 Å². The minimum Gasteiger partial charge on any atom is -0.497 e. The van der Waals surface area contributed by atoms with Crippen molar-refractivity contribution >= 4 is 11.8 Å². The first-order valence-electron chi connectivity index (χ1n) is 7.77. The van der Waals surface area contributed by atoms with Crippen LogP contribution in [-0.2, 0) is 16.0 Å². The first-order valence-corrected chi connectivity index (χ1v) is 7.77. The minimum absolute atomic E-state index is 0.00482. The number of rotatable bonds is 8. The number of carbonyl (C=O) groups is 2. The van der Waals surface area contributed by atoms with Gasteiger partial charge in [0.25, 0.3) is 0 Å². The fourth-order valence-electron chi connectivity index (χ4n) is 2.47. The molecule has 1 N–H and O–H groups in total. The Bertz CT molecular complexity index is 526. The van der Waals surface area contributed by atoms with Crippen LogP contribution in [0.1, 0.15) is 31.7 Å². The van der Waals surface area contributed by atoms with Crippen LogP contribution >= 0.6 is 0 Å². The van der Waals surface area contributed by atoms with Gasteiger partial charge in [0.2, 0.25) is 11.8 Å². The molecular formula is C17H24N2O3. The monoisotopic (exact) mass is 304 g/mol. The van der Waals surface area contributed by atoms with Crippen molar-refractivity contribution in [2.24, 2.45) is 0 Å². The summed E-state index contributed by atoms with van der Waals surface area (Å²) in [5, 5.41) is 2.90. The number of benzene rings is 1. The van der Waals surface area contributed by atoms with Gasteiger partial charge in [-0.1, -0.05) is 12.1 Å². The molecule has 1 aliphatic carbocycles. The van der Waals surface area contributed by atoms with E-state index in [9.17, 15) is 9.59 Å².